The maximum absolute atomic E-state index is 11.3. The highest BCUT2D eigenvalue weighted by atomic mass is 16.7. The molecule has 0 fully saturated rings. The largest absolute Gasteiger partial charge is 0.364 e. The first-order valence-corrected chi connectivity index (χ1v) is 5.21. The Morgan fingerprint density at radius 1 is 1.36 bits per heavy atom. The average Bonchev–Trinajstić information content (AvgIpc) is 2.17. The molecule has 0 radical (unpaired) electrons. The highest BCUT2D eigenvalue weighted by Crippen LogP contribution is 2.10. The lowest BCUT2D eigenvalue weighted by Crippen LogP contribution is -2.36. The molecule has 0 N–H and O–H groups in total. The van der Waals surface area contributed by atoms with Gasteiger partial charge in [-0.2, -0.15) is 0 Å². The van der Waals surface area contributed by atoms with E-state index < -0.39 is 0 Å². The van der Waals surface area contributed by atoms with Crippen molar-refractivity contribution in [3.8, 4) is 0 Å². The predicted octanol–water partition coefficient (Wildman–Crippen LogP) is 2.53. The van der Waals surface area contributed by atoms with Crippen LogP contribution in [0.4, 0.5) is 0 Å². The second-order valence-corrected chi connectivity index (χ2v) is 3.36. The van der Waals surface area contributed by atoms with E-state index in [2.05, 4.69) is 20.4 Å². The monoisotopic (exact) mass is 199 g/mol. The van der Waals surface area contributed by atoms with E-state index in [0.29, 0.717) is 18.2 Å². The van der Waals surface area contributed by atoms with Crippen molar-refractivity contribution < 1.29 is 9.63 Å². The summed E-state index contributed by atoms with van der Waals surface area (Å²) in [6.07, 6.45) is 1.96. The summed E-state index contributed by atoms with van der Waals surface area (Å²) in [7, 11) is 0. The Bertz CT molecular complexity index is 197. The van der Waals surface area contributed by atoms with Crippen molar-refractivity contribution in [3.63, 3.8) is 0 Å². The van der Waals surface area contributed by atoms with Crippen molar-refractivity contribution in [2.45, 2.75) is 46.6 Å². The molecule has 0 atom stereocenters. The van der Waals surface area contributed by atoms with E-state index in [0.717, 1.165) is 12.8 Å². The molecule has 0 spiro atoms. The van der Waals surface area contributed by atoms with Crippen LogP contribution >= 0.6 is 0 Å². The zero-order valence-electron chi connectivity index (χ0n) is 9.67. The Morgan fingerprint density at radius 3 is 2.14 bits per heavy atom. The third-order valence-electron chi connectivity index (χ3n) is 2.21. The highest BCUT2D eigenvalue weighted by molar-refractivity contribution is 5.86. The summed E-state index contributed by atoms with van der Waals surface area (Å²) in [4.78, 5) is 16.5. The molecular weight excluding hydrogens is 178 g/mol. The number of hydroxylamine groups is 2. The first-order chi connectivity index (χ1) is 6.56. The summed E-state index contributed by atoms with van der Waals surface area (Å²) >= 11 is 0. The van der Waals surface area contributed by atoms with Gasteiger partial charge in [-0.3, -0.25) is 0 Å². The molecule has 0 heterocycles. The molecular formula is C11H21NO2. The molecule has 0 aliphatic heterocycles. The second-order valence-electron chi connectivity index (χ2n) is 3.36. The van der Waals surface area contributed by atoms with Gasteiger partial charge in [-0.25, -0.2) is 4.79 Å². The fourth-order valence-electron chi connectivity index (χ4n) is 1.28. The number of hydrogen-bond acceptors (Lipinski definition) is 3. The van der Waals surface area contributed by atoms with Crippen LogP contribution in [-0.4, -0.2) is 23.6 Å². The van der Waals surface area contributed by atoms with E-state index in [1.54, 1.807) is 12.0 Å². The lowest BCUT2D eigenvalue weighted by Gasteiger charge is -2.27. The van der Waals surface area contributed by atoms with Gasteiger partial charge in [-0.05, 0) is 26.7 Å². The van der Waals surface area contributed by atoms with Crippen LogP contribution in [0.2, 0.25) is 0 Å². The first-order valence-electron chi connectivity index (χ1n) is 5.21. The molecule has 0 aliphatic rings. The molecule has 0 amide bonds. The fourth-order valence-corrected chi connectivity index (χ4v) is 1.28. The molecule has 0 aromatic heterocycles. The third-order valence-corrected chi connectivity index (χ3v) is 2.21. The van der Waals surface area contributed by atoms with E-state index in [4.69, 9.17) is 4.84 Å². The Hall–Kier alpha value is -0.830. The van der Waals surface area contributed by atoms with Crippen LogP contribution < -0.4 is 0 Å². The Morgan fingerprint density at radius 2 is 1.86 bits per heavy atom. The molecule has 0 aliphatic carbocycles. The molecule has 0 saturated heterocycles. The molecule has 3 heteroatoms. The molecule has 0 aromatic carbocycles. The number of carbonyl (C=O) groups is 1. The van der Waals surface area contributed by atoms with Crippen LogP contribution in [0.3, 0.4) is 0 Å². The topological polar surface area (TPSA) is 29.5 Å². The molecule has 0 unspecified atom stereocenters. The van der Waals surface area contributed by atoms with E-state index in [1.807, 2.05) is 6.92 Å². The summed E-state index contributed by atoms with van der Waals surface area (Å²) in [6, 6.07) is 0.309. The van der Waals surface area contributed by atoms with Gasteiger partial charge in [0.25, 0.3) is 0 Å². The van der Waals surface area contributed by atoms with Crippen LogP contribution in [0.1, 0.15) is 40.5 Å². The summed E-state index contributed by atoms with van der Waals surface area (Å²) in [5.41, 5.74) is 0.439. The van der Waals surface area contributed by atoms with Gasteiger partial charge >= 0.3 is 5.97 Å². The smallest absolute Gasteiger partial charge is 0.352 e. The van der Waals surface area contributed by atoms with Crippen molar-refractivity contribution in [1.82, 2.24) is 5.06 Å². The van der Waals surface area contributed by atoms with Gasteiger partial charge in [0, 0.05) is 18.2 Å². The first kappa shape index (κ1) is 13.2. The quantitative estimate of drug-likeness (QED) is 0.486. The van der Waals surface area contributed by atoms with Gasteiger partial charge in [0.2, 0.25) is 0 Å². The van der Waals surface area contributed by atoms with Crippen molar-refractivity contribution in [2.24, 2.45) is 0 Å². The lowest BCUT2D eigenvalue weighted by atomic mass is 10.2. The molecule has 14 heavy (non-hydrogen) atoms. The van der Waals surface area contributed by atoms with Crippen LogP contribution in [0.15, 0.2) is 12.2 Å². The Kier molecular flexibility index (Phi) is 6.21. The average molecular weight is 199 g/mol. The van der Waals surface area contributed by atoms with Gasteiger partial charge in [-0.15, -0.1) is 5.06 Å². The van der Waals surface area contributed by atoms with Crippen LogP contribution in [-0.2, 0) is 9.63 Å². The van der Waals surface area contributed by atoms with Crippen LogP contribution in [0.25, 0.3) is 0 Å². The predicted molar refractivity (Wildman–Crippen MR) is 57.7 cm³/mol. The highest BCUT2D eigenvalue weighted by Gasteiger charge is 2.17. The Labute approximate surface area is 86.7 Å². The van der Waals surface area contributed by atoms with Gasteiger partial charge in [-0.1, -0.05) is 20.4 Å². The summed E-state index contributed by atoms with van der Waals surface area (Å²) in [5.74, 6) is -0.334. The number of carbonyl (C=O) groups excluding carboxylic acids is 1. The maximum atomic E-state index is 11.3. The third kappa shape index (κ3) is 3.92. The zero-order valence-corrected chi connectivity index (χ0v) is 9.67. The van der Waals surface area contributed by atoms with Crippen LogP contribution in [0, 0.1) is 0 Å². The van der Waals surface area contributed by atoms with Crippen molar-refractivity contribution in [1.29, 1.82) is 0 Å². The summed E-state index contributed by atoms with van der Waals surface area (Å²) in [5, 5.41) is 1.73. The minimum absolute atomic E-state index is 0.309. The molecule has 0 saturated carbocycles. The van der Waals surface area contributed by atoms with E-state index in [-0.39, 0.29) is 5.97 Å². The van der Waals surface area contributed by atoms with Gasteiger partial charge < -0.3 is 4.84 Å². The Balaban J connectivity index is 4.27. The minimum atomic E-state index is -0.334. The van der Waals surface area contributed by atoms with Gasteiger partial charge in [0.05, 0.1) is 0 Å². The summed E-state index contributed by atoms with van der Waals surface area (Å²) in [6.45, 7) is 12.1. The number of hydrogen-bond donors (Lipinski definition) is 0. The van der Waals surface area contributed by atoms with Crippen molar-refractivity contribution in [2.75, 3.05) is 6.54 Å². The molecule has 0 aromatic rings. The molecule has 0 bridgehead atoms. The lowest BCUT2D eigenvalue weighted by molar-refractivity contribution is -0.196. The van der Waals surface area contributed by atoms with E-state index in [9.17, 15) is 4.79 Å². The molecule has 3 nitrogen and oxygen atoms in total. The number of rotatable bonds is 6. The van der Waals surface area contributed by atoms with Crippen molar-refractivity contribution in [3.05, 3.63) is 12.2 Å². The zero-order chi connectivity index (χ0) is 11.1. The van der Waals surface area contributed by atoms with Crippen LogP contribution in [0.5, 0.6) is 0 Å². The standard InChI is InChI=1S/C11H21NO2/c1-6-10(7-2)12(8-3)14-11(13)9(4)5/h10H,4,6-8H2,1-3,5H3. The fraction of sp³-hybridized carbons (Fsp3) is 0.727. The van der Waals surface area contributed by atoms with Gasteiger partial charge in [0.1, 0.15) is 0 Å². The van der Waals surface area contributed by atoms with E-state index in [1.165, 1.54) is 0 Å². The SMILES string of the molecule is C=C(C)C(=O)ON(CC)C(CC)CC. The maximum Gasteiger partial charge on any atom is 0.352 e. The second kappa shape index (κ2) is 6.60. The number of nitrogens with zero attached hydrogens (tertiary/aromatic N) is 1. The van der Waals surface area contributed by atoms with E-state index >= 15 is 0 Å². The molecule has 0 rings (SSSR count). The van der Waals surface area contributed by atoms with Crippen molar-refractivity contribution >= 4 is 5.97 Å². The molecule has 82 valence electrons. The minimum Gasteiger partial charge on any atom is -0.364 e. The summed E-state index contributed by atoms with van der Waals surface area (Å²) < 4.78 is 0. The normalized spacial score (nSPS) is 10.7. The van der Waals surface area contributed by atoms with Gasteiger partial charge in [0.15, 0.2) is 0 Å².